The van der Waals surface area contributed by atoms with Crippen molar-refractivity contribution >= 4 is 28.2 Å². The third-order valence-electron chi connectivity index (χ3n) is 2.95. The van der Waals surface area contributed by atoms with E-state index in [1.807, 2.05) is 12.1 Å². The van der Waals surface area contributed by atoms with E-state index in [9.17, 15) is 0 Å². The van der Waals surface area contributed by atoms with Crippen LogP contribution in [0.2, 0.25) is 5.02 Å². The molecule has 1 aromatic carbocycles. The van der Waals surface area contributed by atoms with Crippen molar-refractivity contribution in [2.75, 3.05) is 12.8 Å². The lowest BCUT2D eigenvalue weighted by Gasteiger charge is -2.10. The summed E-state index contributed by atoms with van der Waals surface area (Å²) in [5, 5.41) is 1.44. The predicted molar refractivity (Wildman–Crippen MR) is 82.0 cm³/mol. The molecule has 0 saturated carbocycles. The number of pyridine rings is 2. The van der Waals surface area contributed by atoms with Gasteiger partial charge in [-0.05, 0) is 30.3 Å². The summed E-state index contributed by atoms with van der Waals surface area (Å²) in [5.74, 6) is 1.25. The van der Waals surface area contributed by atoms with Crippen molar-refractivity contribution in [1.82, 2.24) is 9.97 Å². The minimum Gasteiger partial charge on any atom is -0.479 e. The third kappa shape index (κ3) is 2.55. The Morgan fingerprint density at radius 3 is 2.81 bits per heavy atom. The Bertz CT molecular complexity index is 808. The van der Waals surface area contributed by atoms with Crippen LogP contribution in [0.15, 0.2) is 42.6 Å². The first-order valence-electron chi connectivity index (χ1n) is 6.20. The molecule has 0 aliphatic heterocycles. The van der Waals surface area contributed by atoms with Gasteiger partial charge < -0.3 is 15.2 Å². The summed E-state index contributed by atoms with van der Waals surface area (Å²) in [5.41, 5.74) is 6.85. The minimum atomic E-state index is 0.318. The van der Waals surface area contributed by atoms with Gasteiger partial charge in [0.15, 0.2) is 5.75 Å². The molecule has 0 saturated heterocycles. The smallest absolute Gasteiger partial charge is 0.240 e. The van der Waals surface area contributed by atoms with Crippen LogP contribution in [0.5, 0.6) is 17.5 Å². The van der Waals surface area contributed by atoms with E-state index in [4.69, 9.17) is 26.8 Å². The van der Waals surface area contributed by atoms with Gasteiger partial charge in [0.25, 0.3) is 0 Å². The predicted octanol–water partition coefficient (Wildman–Crippen LogP) is 3.67. The minimum absolute atomic E-state index is 0.318. The number of halogens is 1. The van der Waals surface area contributed by atoms with Crippen LogP contribution < -0.4 is 15.2 Å². The van der Waals surface area contributed by atoms with E-state index in [0.717, 1.165) is 5.39 Å². The van der Waals surface area contributed by atoms with Crippen LogP contribution in [-0.4, -0.2) is 17.1 Å². The Hall–Kier alpha value is -2.53. The summed E-state index contributed by atoms with van der Waals surface area (Å²) in [6, 6.07) is 10.6. The molecule has 21 heavy (non-hydrogen) atoms. The average Bonchev–Trinajstić information content (AvgIpc) is 2.52. The highest BCUT2D eigenvalue weighted by Crippen LogP contribution is 2.33. The van der Waals surface area contributed by atoms with Gasteiger partial charge in [-0.1, -0.05) is 11.6 Å². The zero-order valence-corrected chi connectivity index (χ0v) is 12.0. The van der Waals surface area contributed by atoms with Gasteiger partial charge in [-0.15, -0.1) is 0 Å². The fourth-order valence-electron chi connectivity index (χ4n) is 1.96. The molecule has 0 radical (unpaired) electrons. The molecule has 2 aromatic heterocycles. The first-order chi connectivity index (χ1) is 10.2. The lowest BCUT2D eigenvalue weighted by Crippen LogP contribution is -1.97. The van der Waals surface area contributed by atoms with E-state index in [1.54, 1.807) is 30.5 Å². The number of fused-ring (bicyclic) bond motifs is 1. The summed E-state index contributed by atoms with van der Waals surface area (Å²) in [4.78, 5) is 8.49. The fourth-order valence-corrected chi connectivity index (χ4v) is 2.18. The number of nitrogens with zero attached hydrogens (tertiary/aromatic N) is 2. The van der Waals surface area contributed by atoms with Crippen LogP contribution >= 0.6 is 11.6 Å². The maximum atomic E-state index is 6.15. The molecule has 2 heterocycles. The number of anilines is 1. The van der Waals surface area contributed by atoms with E-state index in [2.05, 4.69) is 9.97 Å². The zero-order valence-electron chi connectivity index (χ0n) is 11.2. The number of nitrogen functional groups attached to an aromatic ring is 1. The van der Waals surface area contributed by atoms with Crippen molar-refractivity contribution in [3.05, 3.63) is 47.6 Å². The summed E-state index contributed by atoms with van der Waals surface area (Å²) in [6.07, 6.45) is 1.68. The van der Waals surface area contributed by atoms with Crippen molar-refractivity contribution in [3.8, 4) is 17.5 Å². The summed E-state index contributed by atoms with van der Waals surface area (Å²) in [7, 11) is 1.50. The molecule has 0 unspecified atom stereocenters. The van der Waals surface area contributed by atoms with Gasteiger partial charge >= 0.3 is 0 Å². The van der Waals surface area contributed by atoms with E-state index in [-0.39, 0.29) is 0 Å². The standard InChI is InChI=1S/C15H12ClN3O2/c1-20-15-11(17)5-7-13(19-15)21-12-6-4-10(16)9-3-2-8-18-14(9)12/h2-8H,17H2,1H3. The van der Waals surface area contributed by atoms with Gasteiger partial charge in [-0.3, -0.25) is 4.98 Å². The lowest BCUT2D eigenvalue weighted by molar-refractivity contribution is 0.386. The van der Waals surface area contributed by atoms with Crippen LogP contribution in [0, 0.1) is 0 Å². The molecule has 5 nitrogen and oxygen atoms in total. The zero-order chi connectivity index (χ0) is 14.8. The number of methoxy groups -OCH3 is 1. The molecule has 3 rings (SSSR count). The molecule has 0 aliphatic rings. The van der Waals surface area contributed by atoms with Crippen molar-refractivity contribution in [2.45, 2.75) is 0 Å². The highest BCUT2D eigenvalue weighted by molar-refractivity contribution is 6.35. The third-order valence-corrected chi connectivity index (χ3v) is 3.28. The lowest BCUT2D eigenvalue weighted by atomic mass is 10.2. The van der Waals surface area contributed by atoms with Crippen molar-refractivity contribution in [3.63, 3.8) is 0 Å². The van der Waals surface area contributed by atoms with E-state index in [0.29, 0.717) is 33.7 Å². The number of aromatic nitrogens is 2. The highest BCUT2D eigenvalue weighted by Gasteiger charge is 2.10. The second kappa shape index (κ2) is 5.46. The Balaban J connectivity index is 2.04. The SMILES string of the molecule is COc1nc(Oc2ccc(Cl)c3cccnc23)ccc1N. The Morgan fingerprint density at radius 1 is 1.14 bits per heavy atom. The normalized spacial score (nSPS) is 10.6. The summed E-state index contributed by atoms with van der Waals surface area (Å²) < 4.78 is 10.9. The molecule has 106 valence electrons. The van der Waals surface area contributed by atoms with Crippen molar-refractivity contribution in [2.24, 2.45) is 0 Å². The molecule has 0 aliphatic carbocycles. The Kier molecular flexibility index (Phi) is 3.50. The van der Waals surface area contributed by atoms with Crippen LogP contribution in [0.1, 0.15) is 0 Å². The van der Waals surface area contributed by atoms with Crippen LogP contribution in [0.25, 0.3) is 10.9 Å². The number of nitrogens with two attached hydrogens (primary N) is 1. The fraction of sp³-hybridized carbons (Fsp3) is 0.0667. The first-order valence-corrected chi connectivity index (χ1v) is 6.58. The van der Waals surface area contributed by atoms with E-state index in [1.165, 1.54) is 7.11 Å². The molecule has 0 spiro atoms. The molecule has 6 heteroatoms. The van der Waals surface area contributed by atoms with Crippen LogP contribution in [0.4, 0.5) is 5.69 Å². The van der Waals surface area contributed by atoms with E-state index < -0.39 is 0 Å². The number of benzene rings is 1. The van der Waals surface area contributed by atoms with Crippen LogP contribution in [-0.2, 0) is 0 Å². The largest absolute Gasteiger partial charge is 0.479 e. The van der Waals surface area contributed by atoms with Crippen molar-refractivity contribution in [1.29, 1.82) is 0 Å². The number of hydrogen-bond donors (Lipinski definition) is 1. The molecule has 2 N–H and O–H groups in total. The molecule has 0 atom stereocenters. The van der Waals surface area contributed by atoms with Gasteiger partial charge in [0.1, 0.15) is 5.52 Å². The Labute approximate surface area is 126 Å². The second-order valence-corrected chi connectivity index (χ2v) is 4.70. The molecule has 3 aromatic rings. The monoisotopic (exact) mass is 301 g/mol. The second-order valence-electron chi connectivity index (χ2n) is 4.30. The maximum Gasteiger partial charge on any atom is 0.240 e. The molecular formula is C15H12ClN3O2. The van der Waals surface area contributed by atoms with Crippen molar-refractivity contribution < 1.29 is 9.47 Å². The Morgan fingerprint density at radius 2 is 2.00 bits per heavy atom. The molecule has 0 fully saturated rings. The van der Waals surface area contributed by atoms with Crippen LogP contribution in [0.3, 0.4) is 0 Å². The topological polar surface area (TPSA) is 70.3 Å². The first kappa shape index (κ1) is 13.5. The highest BCUT2D eigenvalue weighted by atomic mass is 35.5. The molecular weight excluding hydrogens is 290 g/mol. The molecule has 0 amide bonds. The van der Waals surface area contributed by atoms with Gasteiger partial charge in [-0.25, -0.2) is 0 Å². The van der Waals surface area contributed by atoms with Gasteiger partial charge in [0.05, 0.1) is 17.8 Å². The summed E-state index contributed by atoms with van der Waals surface area (Å²) >= 11 is 6.15. The number of hydrogen-bond acceptors (Lipinski definition) is 5. The van der Waals surface area contributed by atoms with Gasteiger partial charge in [-0.2, -0.15) is 4.98 Å². The van der Waals surface area contributed by atoms with E-state index >= 15 is 0 Å². The summed E-state index contributed by atoms with van der Waals surface area (Å²) in [6.45, 7) is 0. The van der Waals surface area contributed by atoms with Gasteiger partial charge in [0, 0.05) is 17.6 Å². The average molecular weight is 302 g/mol. The maximum absolute atomic E-state index is 6.15. The quantitative estimate of drug-likeness (QED) is 0.799. The molecule has 0 bridgehead atoms. The number of ether oxygens (including phenoxy) is 2. The van der Waals surface area contributed by atoms with Gasteiger partial charge in [0.2, 0.25) is 11.8 Å². The number of rotatable bonds is 3.